The zero-order valence-electron chi connectivity index (χ0n) is 13.4. The summed E-state index contributed by atoms with van der Waals surface area (Å²) in [6, 6.07) is 19.7. The van der Waals surface area contributed by atoms with Gasteiger partial charge in [-0.05, 0) is 17.2 Å². The minimum absolute atomic E-state index is 0.0558. The molecule has 0 spiro atoms. The molecule has 1 saturated carbocycles. The van der Waals surface area contributed by atoms with Crippen LogP contribution in [0.3, 0.4) is 0 Å². The first-order valence-corrected chi connectivity index (χ1v) is 8.16. The Labute approximate surface area is 145 Å². The van der Waals surface area contributed by atoms with Gasteiger partial charge in [0.2, 0.25) is 5.91 Å². The SMILES string of the molecule is O=C(NO)[C@@H]1[C@H](c2ccccc2)[C@H]1c1ccc(-c2ncccn2)cc1. The Balaban J connectivity index is 1.63. The number of nitrogens with zero attached hydrogens (tertiary/aromatic N) is 2. The van der Waals surface area contributed by atoms with Gasteiger partial charge in [-0.2, -0.15) is 0 Å². The van der Waals surface area contributed by atoms with Gasteiger partial charge >= 0.3 is 0 Å². The lowest BCUT2D eigenvalue weighted by molar-refractivity contribution is -0.130. The molecule has 0 saturated heterocycles. The van der Waals surface area contributed by atoms with Crippen molar-refractivity contribution in [2.75, 3.05) is 0 Å². The monoisotopic (exact) mass is 331 g/mol. The first-order valence-electron chi connectivity index (χ1n) is 8.16. The number of hydroxylamine groups is 1. The lowest BCUT2D eigenvalue weighted by Crippen LogP contribution is -2.21. The minimum Gasteiger partial charge on any atom is -0.289 e. The third-order valence-corrected chi connectivity index (χ3v) is 4.74. The third kappa shape index (κ3) is 2.90. The predicted molar refractivity (Wildman–Crippen MR) is 92.8 cm³/mol. The minimum atomic E-state index is -0.339. The van der Waals surface area contributed by atoms with Crippen LogP contribution in [0.25, 0.3) is 11.4 Å². The van der Waals surface area contributed by atoms with Crippen molar-refractivity contribution in [2.24, 2.45) is 5.92 Å². The summed E-state index contributed by atoms with van der Waals surface area (Å²) in [7, 11) is 0. The summed E-state index contributed by atoms with van der Waals surface area (Å²) in [6.07, 6.45) is 3.42. The van der Waals surface area contributed by atoms with E-state index in [0.717, 1.165) is 16.7 Å². The molecule has 2 N–H and O–H groups in total. The molecule has 1 amide bonds. The van der Waals surface area contributed by atoms with Crippen LogP contribution in [-0.4, -0.2) is 21.1 Å². The molecule has 1 aromatic heterocycles. The number of rotatable bonds is 4. The lowest BCUT2D eigenvalue weighted by atomic mass is 10.0. The van der Waals surface area contributed by atoms with Gasteiger partial charge in [-0.25, -0.2) is 15.4 Å². The maximum atomic E-state index is 12.0. The van der Waals surface area contributed by atoms with Gasteiger partial charge < -0.3 is 0 Å². The summed E-state index contributed by atoms with van der Waals surface area (Å²) in [5, 5.41) is 9.05. The summed E-state index contributed by atoms with van der Waals surface area (Å²) in [5.74, 6) is 0.210. The van der Waals surface area contributed by atoms with E-state index in [0.29, 0.717) is 5.82 Å². The molecule has 25 heavy (non-hydrogen) atoms. The number of carbonyl (C=O) groups is 1. The predicted octanol–water partition coefficient (Wildman–Crippen LogP) is 3.15. The van der Waals surface area contributed by atoms with Crippen LogP contribution >= 0.6 is 0 Å². The molecule has 3 atom stereocenters. The zero-order valence-corrected chi connectivity index (χ0v) is 13.4. The van der Waals surface area contributed by atoms with E-state index in [1.807, 2.05) is 54.6 Å². The maximum Gasteiger partial charge on any atom is 0.247 e. The molecule has 5 nitrogen and oxygen atoms in total. The molecule has 0 unspecified atom stereocenters. The molecular weight excluding hydrogens is 314 g/mol. The van der Waals surface area contributed by atoms with Gasteiger partial charge in [0, 0.05) is 29.8 Å². The van der Waals surface area contributed by atoms with Crippen LogP contribution in [-0.2, 0) is 4.79 Å². The first kappa shape index (κ1) is 15.5. The van der Waals surface area contributed by atoms with Crippen LogP contribution in [0.1, 0.15) is 23.0 Å². The van der Waals surface area contributed by atoms with Crippen molar-refractivity contribution in [1.82, 2.24) is 15.4 Å². The van der Waals surface area contributed by atoms with Crippen LogP contribution in [0.5, 0.6) is 0 Å². The fourth-order valence-electron chi connectivity index (χ4n) is 3.52. The standard InChI is InChI=1S/C20H17N3O2/c24-20(23-25)18-16(13-5-2-1-3-6-13)17(18)14-7-9-15(10-8-14)19-21-11-4-12-22-19/h1-12,16-18,25H,(H,23,24)/t16-,17-,18-/m1/s1. The third-order valence-electron chi connectivity index (χ3n) is 4.74. The van der Waals surface area contributed by atoms with Crippen molar-refractivity contribution < 1.29 is 10.0 Å². The van der Waals surface area contributed by atoms with Gasteiger partial charge in [0.25, 0.3) is 0 Å². The van der Waals surface area contributed by atoms with E-state index in [1.54, 1.807) is 23.9 Å². The van der Waals surface area contributed by atoms with Crippen molar-refractivity contribution in [2.45, 2.75) is 11.8 Å². The molecule has 1 aliphatic rings. The lowest BCUT2D eigenvalue weighted by Gasteiger charge is -2.03. The number of nitrogens with one attached hydrogen (secondary N) is 1. The average Bonchev–Trinajstić information content (AvgIpc) is 3.44. The Morgan fingerprint density at radius 3 is 2.04 bits per heavy atom. The smallest absolute Gasteiger partial charge is 0.247 e. The highest BCUT2D eigenvalue weighted by molar-refractivity contribution is 5.84. The number of hydrogen-bond donors (Lipinski definition) is 2. The van der Waals surface area contributed by atoms with Crippen molar-refractivity contribution in [1.29, 1.82) is 0 Å². The highest BCUT2D eigenvalue weighted by Gasteiger charge is 2.56. The molecule has 0 aliphatic heterocycles. The summed E-state index contributed by atoms with van der Waals surface area (Å²) in [6.45, 7) is 0. The van der Waals surface area contributed by atoms with Crippen molar-refractivity contribution in [3.8, 4) is 11.4 Å². The van der Waals surface area contributed by atoms with Crippen molar-refractivity contribution in [3.63, 3.8) is 0 Å². The van der Waals surface area contributed by atoms with Gasteiger partial charge in [0.1, 0.15) is 0 Å². The van der Waals surface area contributed by atoms with E-state index in [1.165, 1.54) is 0 Å². The van der Waals surface area contributed by atoms with E-state index < -0.39 is 0 Å². The second kappa shape index (κ2) is 6.45. The maximum absolute atomic E-state index is 12.0. The molecule has 1 fully saturated rings. The molecule has 124 valence electrons. The number of hydrogen-bond acceptors (Lipinski definition) is 4. The number of benzene rings is 2. The highest BCUT2D eigenvalue weighted by Crippen LogP contribution is 2.60. The van der Waals surface area contributed by atoms with Gasteiger partial charge in [0.05, 0.1) is 5.92 Å². The fraction of sp³-hybridized carbons (Fsp3) is 0.150. The van der Waals surface area contributed by atoms with Crippen LogP contribution in [0.15, 0.2) is 73.1 Å². The van der Waals surface area contributed by atoms with Crippen molar-refractivity contribution >= 4 is 5.91 Å². The van der Waals surface area contributed by atoms with Gasteiger partial charge in [-0.1, -0.05) is 54.6 Å². The molecule has 5 heteroatoms. The summed E-state index contributed by atoms with van der Waals surface area (Å²) in [5.41, 5.74) is 4.92. The molecule has 2 aromatic carbocycles. The Bertz CT molecular complexity index is 866. The quantitative estimate of drug-likeness (QED) is 0.569. The molecule has 1 aliphatic carbocycles. The zero-order chi connectivity index (χ0) is 17.2. The van der Waals surface area contributed by atoms with Gasteiger partial charge in [0.15, 0.2) is 5.82 Å². The average molecular weight is 331 g/mol. The van der Waals surface area contributed by atoms with Crippen LogP contribution in [0, 0.1) is 5.92 Å². The van der Waals surface area contributed by atoms with Gasteiger partial charge in [-0.15, -0.1) is 0 Å². The molecule has 1 heterocycles. The molecule has 3 aromatic rings. The van der Waals surface area contributed by atoms with E-state index in [9.17, 15) is 4.79 Å². The van der Waals surface area contributed by atoms with E-state index in [2.05, 4.69) is 9.97 Å². The number of amides is 1. The summed E-state index contributed by atoms with van der Waals surface area (Å²) >= 11 is 0. The Kier molecular flexibility index (Phi) is 3.99. The van der Waals surface area contributed by atoms with Gasteiger partial charge in [-0.3, -0.25) is 10.0 Å². The fourth-order valence-corrected chi connectivity index (χ4v) is 3.52. The number of carbonyl (C=O) groups excluding carboxylic acids is 1. The first-order chi connectivity index (χ1) is 12.3. The summed E-state index contributed by atoms with van der Waals surface area (Å²) < 4.78 is 0. The number of aromatic nitrogens is 2. The second-order valence-electron chi connectivity index (χ2n) is 6.16. The second-order valence-corrected chi connectivity index (χ2v) is 6.16. The molecule has 0 radical (unpaired) electrons. The Hall–Kier alpha value is -3.05. The summed E-state index contributed by atoms with van der Waals surface area (Å²) in [4.78, 5) is 20.5. The van der Waals surface area contributed by atoms with Crippen LogP contribution in [0.4, 0.5) is 0 Å². The Morgan fingerprint density at radius 1 is 0.840 bits per heavy atom. The molecule has 4 rings (SSSR count). The van der Waals surface area contributed by atoms with E-state index in [-0.39, 0.29) is 23.7 Å². The highest BCUT2D eigenvalue weighted by atomic mass is 16.5. The normalized spacial score (nSPS) is 21.6. The van der Waals surface area contributed by atoms with Crippen molar-refractivity contribution in [3.05, 3.63) is 84.2 Å². The van der Waals surface area contributed by atoms with E-state index >= 15 is 0 Å². The molecular formula is C20H17N3O2. The van der Waals surface area contributed by atoms with E-state index in [4.69, 9.17) is 5.21 Å². The Morgan fingerprint density at radius 2 is 1.44 bits per heavy atom. The van der Waals surface area contributed by atoms with Crippen LogP contribution < -0.4 is 5.48 Å². The molecule has 0 bridgehead atoms. The largest absolute Gasteiger partial charge is 0.289 e. The van der Waals surface area contributed by atoms with Crippen LogP contribution in [0.2, 0.25) is 0 Å². The topological polar surface area (TPSA) is 75.1 Å².